The number of alkyl halides is 3. The predicted octanol–water partition coefficient (Wildman–Crippen LogP) is 2.29. The quantitative estimate of drug-likeness (QED) is 0.874. The standard InChI is InChI=1S/C9H7F3O4/c1-15-5-2-3-6(8(13)14)7(4-5)16-9(10,11)12/h2-4H,1H3,(H,13,14). The van der Waals surface area contributed by atoms with Gasteiger partial charge < -0.3 is 14.6 Å². The van der Waals surface area contributed by atoms with Crippen molar-refractivity contribution in [2.24, 2.45) is 0 Å². The average Bonchev–Trinajstić information content (AvgIpc) is 2.14. The van der Waals surface area contributed by atoms with Gasteiger partial charge in [0, 0.05) is 6.07 Å². The molecule has 0 spiro atoms. The van der Waals surface area contributed by atoms with Gasteiger partial charge in [0.25, 0.3) is 0 Å². The Hall–Kier alpha value is -1.92. The molecule has 0 saturated carbocycles. The Bertz CT molecular complexity index is 400. The van der Waals surface area contributed by atoms with Crippen LogP contribution in [0.25, 0.3) is 0 Å². The molecular formula is C9H7F3O4. The number of carbonyl (C=O) groups is 1. The summed E-state index contributed by atoms with van der Waals surface area (Å²) in [6.07, 6.45) is -4.95. The molecule has 1 N–H and O–H groups in total. The van der Waals surface area contributed by atoms with Gasteiger partial charge in [-0.2, -0.15) is 0 Å². The van der Waals surface area contributed by atoms with Gasteiger partial charge in [0.1, 0.15) is 17.1 Å². The largest absolute Gasteiger partial charge is 0.573 e. The molecule has 1 aromatic carbocycles. The van der Waals surface area contributed by atoms with Gasteiger partial charge in [-0.1, -0.05) is 0 Å². The van der Waals surface area contributed by atoms with Crippen LogP contribution in [-0.4, -0.2) is 24.5 Å². The van der Waals surface area contributed by atoms with Crippen molar-refractivity contribution in [2.75, 3.05) is 7.11 Å². The molecule has 0 unspecified atom stereocenters. The highest BCUT2D eigenvalue weighted by Gasteiger charge is 2.33. The van der Waals surface area contributed by atoms with Crippen molar-refractivity contribution in [3.05, 3.63) is 23.8 Å². The monoisotopic (exact) mass is 236 g/mol. The summed E-state index contributed by atoms with van der Waals surface area (Å²) < 4.78 is 44.1. The van der Waals surface area contributed by atoms with Gasteiger partial charge in [-0.25, -0.2) is 4.79 Å². The van der Waals surface area contributed by atoms with E-state index >= 15 is 0 Å². The summed E-state index contributed by atoms with van der Waals surface area (Å²) in [4.78, 5) is 10.6. The molecule has 1 rings (SSSR count). The minimum Gasteiger partial charge on any atom is -0.497 e. The van der Waals surface area contributed by atoms with E-state index in [4.69, 9.17) is 5.11 Å². The van der Waals surface area contributed by atoms with Crippen molar-refractivity contribution in [3.8, 4) is 11.5 Å². The summed E-state index contributed by atoms with van der Waals surface area (Å²) in [5.74, 6) is -2.24. The van der Waals surface area contributed by atoms with Gasteiger partial charge in [0.05, 0.1) is 7.11 Å². The third-order valence-electron chi connectivity index (χ3n) is 1.64. The molecule has 7 heteroatoms. The van der Waals surface area contributed by atoms with Gasteiger partial charge in [-0.05, 0) is 12.1 Å². The SMILES string of the molecule is COc1ccc(C(=O)O)c(OC(F)(F)F)c1. The van der Waals surface area contributed by atoms with E-state index in [1.807, 2.05) is 0 Å². The van der Waals surface area contributed by atoms with Crippen molar-refractivity contribution >= 4 is 5.97 Å². The zero-order valence-electron chi connectivity index (χ0n) is 8.04. The molecule has 0 aromatic heterocycles. The number of methoxy groups -OCH3 is 1. The summed E-state index contributed by atoms with van der Waals surface area (Å²) in [5, 5.41) is 8.64. The Morgan fingerprint density at radius 3 is 2.44 bits per heavy atom. The summed E-state index contributed by atoms with van der Waals surface area (Å²) >= 11 is 0. The van der Waals surface area contributed by atoms with Crippen molar-refractivity contribution in [2.45, 2.75) is 6.36 Å². The second kappa shape index (κ2) is 4.30. The smallest absolute Gasteiger partial charge is 0.497 e. The first kappa shape index (κ1) is 12.2. The summed E-state index contributed by atoms with van der Waals surface area (Å²) in [6.45, 7) is 0. The Kier molecular flexibility index (Phi) is 3.26. The van der Waals surface area contributed by atoms with Gasteiger partial charge in [-0.15, -0.1) is 13.2 Å². The molecule has 0 aliphatic heterocycles. The molecule has 0 amide bonds. The molecule has 0 aliphatic carbocycles. The number of rotatable bonds is 3. The second-order valence-electron chi connectivity index (χ2n) is 2.72. The van der Waals surface area contributed by atoms with E-state index in [2.05, 4.69) is 9.47 Å². The van der Waals surface area contributed by atoms with Crippen LogP contribution in [0.4, 0.5) is 13.2 Å². The zero-order chi connectivity index (χ0) is 12.3. The number of hydrogen-bond acceptors (Lipinski definition) is 3. The zero-order valence-corrected chi connectivity index (χ0v) is 8.04. The fourth-order valence-corrected chi connectivity index (χ4v) is 1.02. The fourth-order valence-electron chi connectivity index (χ4n) is 1.02. The molecule has 0 heterocycles. The molecule has 16 heavy (non-hydrogen) atoms. The van der Waals surface area contributed by atoms with E-state index in [9.17, 15) is 18.0 Å². The molecule has 0 radical (unpaired) electrons. The summed E-state index contributed by atoms with van der Waals surface area (Å²) in [5.41, 5.74) is -0.585. The number of hydrogen-bond donors (Lipinski definition) is 1. The Morgan fingerprint density at radius 2 is 2.00 bits per heavy atom. The van der Waals surface area contributed by atoms with Crippen molar-refractivity contribution in [1.29, 1.82) is 0 Å². The Morgan fingerprint density at radius 1 is 1.38 bits per heavy atom. The van der Waals surface area contributed by atoms with Crippen molar-refractivity contribution < 1.29 is 32.5 Å². The molecular weight excluding hydrogens is 229 g/mol. The fraction of sp³-hybridized carbons (Fsp3) is 0.222. The van der Waals surface area contributed by atoms with Crippen LogP contribution in [0, 0.1) is 0 Å². The lowest BCUT2D eigenvalue weighted by Gasteiger charge is -2.12. The third kappa shape index (κ3) is 3.04. The van der Waals surface area contributed by atoms with E-state index in [0.29, 0.717) is 0 Å². The minimum absolute atomic E-state index is 0.0734. The molecule has 0 bridgehead atoms. The lowest BCUT2D eigenvalue weighted by Crippen LogP contribution is -2.19. The lowest BCUT2D eigenvalue weighted by atomic mass is 10.2. The lowest BCUT2D eigenvalue weighted by molar-refractivity contribution is -0.274. The average molecular weight is 236 g/mol. The molecule has 0 saturated heterocycles. The first-order chi connectivity index (χ1) is 7.33. The summed E-state index contributed by atoms with van der Waals surface area (Å²) in [7, 11) is 1.24. The second-order valence-corrected chi connectivity index (χ2v) is 2.72. The molecule has 88 valence electrons. The van der Waals surface area contributed by atoms with Crippen molar-refractivity contribution in [3.63, 3.8) is 0 Å². The first-order valence-corrected chi connectivity index (χ1v) is 4.00. The van der Waals surface area contributed by atoms with Crippen LogP contribution in [0.2, 0.25) is 0 Å². The molecule has 1 aromatic rings. The van der Waals surface area contributed by atoms with Gasteiger partial charge in [0.15, 0.2) is 0 Å². The first-order valence-electron chi connectivity index (χ1n) is 4.00. The Labute approximate surface area is 88.2 Å². The highest BCUT2D eigenvalue weighted by atomic mass is 19.4. The van der Waals surface area contributed by atoms with Gasteiger partial charge in [0.2, 0.25) is 0 Å². The number of aromatic carboxylic acids is 1. The maximum Gasteiger partial charge on any atom is 0.573 e. The van der Waals surface area contributed by atoms with Gasteiger partial charge >= 0.3 is 12.3 Å². The van der Waals surface area contributed by atoms with E-state index in [1.54, 1.807) is 0 Å². The van der Waals surface area contributed by atoms with Crippen LogP contribution in [0.15, 0.2) is 18.2 Å². The molecule has 0 aliphatic rings. The van der Waals surface area contributed by atoms with Crippen LogP contribution >= 0.6 is 0 Å². The van der Waals surface area contributed by atoms with Crippen LogP contribution in [0.5, 0.6) is 11.5 Å². The van der Waals surface area contributed by atoms with Crippen LogP contribution in [0.3, 0.4) is 0 Å². The van der Waals surface area contributed by atoms with E-state index < -0.39 is 23.6 Å². The number of carboxylic acids is 1. The van der Waals surface area contributed by atoms with Gasteiger partial charge in [-0.3, -0.25) is 0 Å². The number of benzene rings is 1. The minimum atomic E-state index is -4.95. The maximum atomic E-state index is 12.0. The normalized spacial score (nSPS) is 11.0. The van der Waals surface area contributed by atoms with Crippen molar-refractivity contribution in [1.82, 2.24) is 0 Å². The third-order valence-corrected chi connectivity index (χ3v) is 1.64. The number of halogens is 3. The topological polar surface area (TPSA) is 55.8 Å². The number of ether oxygens (including phenoxy) is 2. The van der Waals surface area contributed by atoms with E-state index in [1.165, 1.54) is 13.2 Å². The van der Waals surface area contributed by atoms with Crippen LogP contribution in [-0.2, 0) is 0 Å². The predicted molar refractivity (Wildman–Crippen MR) is 46.6 cm³/mol. The molecule has 0 atom stereocenters. The maximum absolute atomic E-state index is 12.0. The molecule has 0 fully saturated rings. The highest BCUT2D eigenvalue weighted by molar-refractivity contribution is 5.91. The molecule has 4 nitrogen and oxygen atoms in total. The van der Waals surface area contributed by atoms with E-state index in [-0.39, 0.29) is 5.75 Å². The highest BCUT2D eigenvalue weighted by Crippen LogP contribution is 2.30. The Balaban J connectivity index is 3.15. The summed E-state index contributed by atoms with van der Waals surface area (Å²) in [6, 6.07) is 3.06. The van der Waals surface area contributed by atoms with Crippen LogP contribution in [0.1, 0.15) is 10.4 Å². The number of carboxylic acid groups (broad SMARTS) is 1. The van der Waals surface area contributed by atoms with E-state index in [0.717, 1.165) is 12.1 Å². The van der Waals surface area contributed by atoms with Crippen LogP contribution < -0.4 is 9.47 Å².